The molecular formula is C21H15N3O. The molecular weight excluding hydrogens is 310 g/mol. The summed E-state index contributed by atoms with van der Waals surface area (Å²) in [7, 11) is 0. The molecule has 25 heavy (non-hydrogen) atoms. The van der Waals surface area contributed by atoms with Crippen molar-refractivity contribution in [1.82, 2.24) is 9.97 Å². The average molecular weight is 325 g/mol. The van der Waals surface area contributed by atoms with Crippen molar-refractivity contribution in [3.05, 3.63) is 90.6 Å². The summed E-state index contributed by atoms with van der Waals surface area (Å²) in [6.45, 7) is 0. The van der Waals surface area contributed by atoms with Gasteiger partial charge in [0.1, 0.15) is 5.82 Å². The van der Waals surface area contributed by atoms with Gasteiger partial charge in [0.25, 0.3) is 5.91 Å². The number of carbonyl (C=O) groups is 1. The van der Waals surface area contributed by atoms with Gasteiger partial charge in [-0.05, 0) is 24.3 Å². The minimum atomic E-state index is -0.200. The molecule has 4 nitrogen and oxygen atoms in total. The van der Waals surface area contributed by atoms with Crippen LogP contribution >= 0.6 is 0 Å². The lowest BCUT2D eigenvalue weighted by Gasteiger charge is -2.10. The molecule has 0 bridgehead atoms. The van der Waals surface area contributed by atoms with Crippen molar-refractivity contribution >= 4 is 22.6 Å². The summed E-state index contributed by atoms with van der Waals surface area (Å²) in [6.07, 6.45) is 1.65. The van der Waals surface area contributed by atoms with E-state index in [0.717, 1.165) is 22.2 Å². The number of hydrogen-bond donors (Lipinski definition) is 1. The Morgan fingerprint density at radius 2 is 1.60 bits per heavy atom. The van der Waals surface area contributed by atoms with E-state index in [4.69, 9.17) is 4.98 Å². The van der Waals surface area contributed by atoms with Gasteiger partial charge in [0, 0.05) is 17.1 Å². The zero-order valence-corrected chi connectivity index (χ0v) is 13.4. The Labute approximate surface area is 145 Å². The Kier molecular flexibility index (Phi) is 3.92. The maximum absolute atomic E-state index is 12.8. The van der Waals surface area contributed by atoms with Crippen molar-refractivity contribution < 1.29 is 4.79 Å². The number of pyridine rings is 2. The van der Waals surface area contributed by atoms with E-state index < -0.39 is 0 Å². The third-order valence-electron chi connectivity index (χ3n) is 3.94. The Hall–Kier alpha value is -3.53. The van der Waals surface area contributed by atoms with Crippen molar-refractivity contribution in [3.63, 3.8) is 0 Å². The smallest absolute Gasteiger partial charge is 0.257 e. The maximum Gasteiger partial charge on any atom is 0.257 e. The minimum absolute atomic E-state index is 0.200. The van der Waals surface area contributed by atoms with Crippen LogP contribution < -0.4 is 5.32 Å². The number of aromatic nitrogens is 2. The van der Waals surface area contributed by atoms with Gasteiger partial charge in [-0.1, -0.05) is 54.6 Å². The van der Waals surface area contributed by atoms with Gasteiger partial charge in [-0.3, -0.25) is 4.79 Å². The maximum atomic E-state index is 12.8. The Bertz CT molecular complexity index is 1030. The summed E-state index contributed by atoms with van der Waals surface area (Å²) in [5.74, 6) is 0.323. The molecule has 1 N–H and O–H groups in total. The molecule has 0 aliphatic carbocycles. The van der Waals surface area contributed by atoms with E-state index in [9.17, 15) is 4.79 Å². The van der Waals surface area contributed by atoms with Gasteiger partial charge in [0.15, 0.2) is 0 Å². The average Bonchev–Trinajstić information content (AvgIpc) is 2.68. The monoisotopic (exact) mass is 325 g/mol. The highest BCUT2D eigenvalue weighted by atomic mass is 16.1. The molecule has 2 aromatic carbocycles. The molecule has 0 radical (unpaired) electrons. The summed E-state index contributed by atoms with van der Waals surface area (Å²) in [5, 5.41) is 3.67. The summed E-state index contributed by atoms with van der Waals surface area (Å²) >= 11 is 0. The lowest BCUT2D eigenvalue weighted by molar-refractivity contribution is 0.102. The Balaban J connectivity index is 1.83. The highest BCUT2D eigenvalue weighted by Crippen LogP contribution is 2.25. The van der Waals surface area contributed by atoms with Crippen molar-refractivity contribution in [2.45, 2.75) is 0 Å². The molecule has 0 unspecified atom stereocenters. The lowest BCUT2D eigenvalue weighted by Crippen LogP contribution is -2.14. The fraction of sp³-hybridized carbons (Fsp3) is 0. The van der Waals surface area contributed by atoms with E-state index in [-0.39, 0.29) is 5.91 Å². The van der Waals surface area contributed by atoms with Crippen LogP contribution in [0, 0.1) is 0 Å². The van der Waals surface area contributed by atoms with Gasteiger partial charge in [-0.25, -0.2) is 9.97 Å². The van der Waals surface area contributed by atoms with E-state index in [1.807, 2.05) is 72.8 Å². The van der Waals surface area contributed by atoms with E-state index in [0.29, 0.717) is 11.4 Å². The van der Waals surface area contributed by atoms with Crippen LogP contribution in [0.4, 0.5) is 5.82 Å². The van der Waals surface area contributed by atoms with Gasteiger partial charge < -0.3 is 5.32 Å². The van der Waals surface area contributed by atoms with E-state index in [2.05, 4.69) is 10.3 Å². The molecule has 0 fully saturated rings. The predicted molar refractivity (Wildman–Crippen MR) is 99.4 cm³/mol. The number of amides is 1. The molecule has 4 heteroatoms. The van der Waals surface area contributed by atoms with Crippen LogP contribution in [0.25, 0.3) is 22.2 Å². The number of rotatable bonds is 3. The van der Waals surface area contributed by atoms with Crippen LogP contribution in [-0.4, -0.2) is 15.9 Å². The largest absolute Gasteiger partial charge is 0.307 e. The van der Waals surface area contributed by atoms with Gasteiger partial charge >= 0.3 is 0 Å². The minimum Gasteiger partial charge on any atom is -0.307 e. The van der Waals surface area contributed by atoms with Crippen LogP contribution in [0.5, 0.6) is 0 Å². The van der Waals surface area contributed by atoms with Crippen LogP contribution in [0.2, 0.25) is 0 Å². The highest BCUT2D eigenvalue weighted by molar-refractivity contribution is 6.12. The lowest BCUT2D eigenvalue weighted by atomic mass is 10.0. The van der Waals surface area contributed by atoms with E-state index in [1.165, 1.54) is 0 Å². The van der Waals surface area contributed by atoms with Crippen LogP contribution in [0.1, 0.15) is 10.4 Å². The van der Waals surface area contributed by atoms with Gasteiger partial charge in [-0.2, -0.15) is 0 Å². The van der Waals surface area contributed by atoms with Crippen molar-refractivity contribution in [2.75, 3.05) is 5.32 Å². The fourth-order valence-electron chi connectivity index (χ4n) is 2.74. The quantitative estimate of drug-likeness (QED) is 0.601. The molecule has 0 saturated heterocycles. The molecule has 1 amide bonds. The molecule has 0 aliphatic heterocycles. The summed E-state index contributed by atoms with van der Waals surface area (Å²) < 4.78 is 0. The van der Waals surface area contributed by atoms with Crippen molar-refractivity contribution in [1.29, 1.82) is 0 Å². The fourth-order valence-corrected chi connectivity index (χ4v) is 2.74. The Morgan fingerprint density at radius 1 is 0.840 bits per heavy atom. The van der Waals surface area contributed by atoms with Gasteiger partial charge in [0.05, 0.1) is 16.8 Å². The number of hydrogen-bond acceptors (Lipinski definition) is 3. The third kappa shape index (κ3) is 3.10. The molecule has 2 aromatic heterocycles. The van der Waals surface area contributed by atoms with Crippen LogP contribution in [0.3, 0.4) is 0 Å². The zero-order chi connectivity index (χ0) is 17.1. The number of nitrogens with zero attached hydrogens (tertiary/aromatic N) is 2. The topological polar surface area (TPSA) is 54.9 Å². The van der Waals surface area contributed by atoms with Crippen LogP contribution in [0.15, 0.2) is 85.1 Å². The van der Waals surface area contributed by atoms with Crippen molar-refractivity contribution in [3.8, 4) is 11.3 Å². The summed E-state index contributed by atoms with van der Waals surface area (Å²) in [4.78, 5) is 21.7. The van der Waals surface area contributed by atoms with E-state index in [1.54, 1.807) is 12.3 Å². The summed E-state index contributed by atoms with van der Waals surface area (Å²) in [5.41, 5.74) is 3.11. The number of fused-ring (bicyclic) bond motifs is 1. The molecule has 0 aliphatic rings. The number of nitrogens with one attached hydrogen (secondary N) is 1. The third-order valence-corrected chi connectivity index (χ3v) is 3.94. The molecule has 0 saturated carbocycles. The standard InChI is InChI=1S/C21H15N3O/c25-21(24-20-12-6-7-13-22-20)17-14-19(15-8-2-1-3-9-15)23-18-11-5-4-10-16(17)18/h1-14H,(H,22,24,25). The first-order valence-electron chi connectivity index (χ1n) is 7.99. The molecule has 120 valence electrons. The molecule has 2 heterocycles. The second kappa shape index (κ2) is 6.53. The highest BCUT2D eigenvalue weighted by Gasteiger charge is 2.14. The van der Waals surface area contributed by atoms with Crippen molar-refractivity contribution in [2.24, 2.45) is 0 Å². The number of anilines is 1. The van der Waals surface area contributed by atoms with Gasteiger partial charge in [-0.15, -0.1) is 0 Å². The van der Waals surface area contributed by atoms with Gasteiger partial charge in [0.2, 0.25) is 0 Å². The zero-order valence-electron chi connectivity index (χ0n) is 13.4. The first-order chi connectivity index (χ1) is 12.3. The second-order valence-electron chi connectivity index (χ2n) is 5.61. The molecule has 0 spiro atoms. The van der Waals surface area contributed by atoms with E-state index >= 15 is 0 Å². The first kappa shape index (κ1) is 15.0. The number of benzene rings is 2. The number of para-hydroxylation sites is 1. The predicted octanol–water partition coefficient (Wildman–Crippen LogP) is 4.55. The summed E-state index contributed by atoms with van der Waals surface area (Å²) in [6, 6.07) is 24.7. The molecule has 0 atom stereocenters. The normalized spacial score (nSPS) is 10.6. The second-order valence-corrected chi connectivity index (χ2v) is 5.61. The number of carbonyl (C=O) groups excluding carboxylic acids is 1. The molecule has 4 rings (SSSR count). The Morgan fingerprint density at radius 3 is 2.40 bits per heavy atom. The first-order valence-corrected chi connectivity index (χ1v) is 7.99. The molecule has 4 aromatic rings. The SMILES string of the molecule is O=C(Nc1ccccn1)c1cc(-c2ccccc2)nc2ccccc12. The van der Waals surface area contributed by atoms with Crippen LogP contribution in [-0.2, 0) is 0 Å².